The van der Waals surface area contributed by atoms with Crippen molar-refractivity contribution < 1.29 is 14.3 Å². The highest BCUT2D eigenvalue weighted by atomic mass is 32.2. The third-order valence-electron chi connectivity index (χ3n) is 2.76. The molecule has 0 spiro atoms. The van der Waals surface area contributed by atoms with Crippen LogP contribution >= 0.6 is 11.8 Å². The van der Waals surface area contributed by atoms with E-state index in [1.165, 1.54) is 7.11 Å². The van der Waals surface area contributed by atoms with Crippen LogP contribution in [0.25, 0.3) is 0 Å². The molecule has 0 saturated heterocycles. The van der Waals surface area contributed by atoms with Gasteiger partial charge in [-0.1, -0.05) is 0 Å². The Kier molecular flexibility index (Phi) is 7.18. The first-order valence-electron chi connectivity index (χ1n) is 6.18. The number of carbonyl (C=O) groups excluding carboxylic acids is 1. The van der Waals surface area contributed by atoms with Gasteiger partial charge >= 0.3 is 5.97 Å². The lowest BCUT2D eigenvalue weighted by Crippen LogP contribution is -2.30. The van der Waals surface area contributed by atoms with Crippen molar-refractivity contribution in [2.45, 2.75) is 18.9 Å². The van der Waals surface area contributed by atoms with Crippen LogP contribution in [-0.2, 0) is 9.53 Å². The van der Waals surface area contributed by atoms with E-state index in [2.05, 4.69) is 11.6 Å². The summed E-state index contributed by atoms with van der Waals surface area (Å²) in [6.07, 6.45) is 3.80. The molecule has 0 saturated carbocycles. The molecule has 0 heterocycles. The van der Waals surface area contributed by atoms with Crippen molar-refractivity contribution in [1.82, 2.24) is 0 Å². The second-order valence-electron chi connectivity index (χ2n) is 4.08. The summed E-state index contributed by atoms with van der Waals surface area (Å²) in [5.74, 6) is 1.61. The van der Waals surface area contributed by atoms with Crippen molar-refractivity contribution in [2.75, 3.05) is 31.5 Å². The van der Waals surface area contributed by atoms with Crippen molar-refractivity contribution in [2.24, 2.45) is 0 Å². The summed E-state index contributed by atoms with van der Waals surface area (Å²) in [6, 6.07) is 7.20. The maximum atomic E-state index is 11.7. The summed E-state index contributed by atoms with van der Waals surface area (Å²) in [7, 11) is 3.04. The van der Waals surface area contributed by atoms with Gasteiger partial charge in [-0.05, 0) is 49.1 Å². The minimum absolute atomic E-state index is 0.225. The molecule has 0 aliphatic carbocycles. The zero-order chi connectivity index (χ0) is 14.1. The minimum atomic E-state index is -0.300. The molecule has 5 heteroatoms. The van der Waals surface area contributed by atoms with Crippen molar-refractivity contribution in [3.05, 3.63) is 24.3 Å². The van der Waals surface area contributed by atoms with E-state index in [1.807, 2.05) is 24.3 Å². The molecule has 1 rings (SSSR count). The number of carbonyl (C=O) groups is 1. The summed E-state index contributed by atoms with van der Waals surface area (Å²) in [4.78, 5) is 11.7. The van der Waals surface area contributed by atoms with Crippen molar-refractivity contribution in [3.63, 3.8) is 0 Å². The number of thioether (sulfide) groups is 1. The van der Waals surface area contributed by atoms with Gasteiger partial charge in [0.25, 0.3) is 0 Å². The number of esters is 1. The first-order chi connectivity index (χ1) is 9.21. The summed E-state index contributed by atoms with van der Waals surface area (Å²) in [6.45, 7) is 0. The molecular formula is C14H21NO3S. The van der Waals surface area contributed by atoms with Gasteiger partial charge in [0.1, 0.15) is 11.8 Å². The predicted octanol–water partition coefficient (Wildman–Crippen LogP) is 2.79. The van der Waals surface area contributed by atoms with Crippen LogP contribution in [0.4, 0.5) is 5.69 Å². The molecule has 1 aromatic rings. The number of rotatable bonds is 8. The fourth-order valence-electron chi connectivity index (χ4n) is 1.71. The number of anilines is 1. The zero-order valence-corrected chi connectivity index (χ0v) is 12.5. The Hall–Kier alpha value is -1.36. The molecule has 106 valence electrons. The van der Waals surface area contributed by atoms with Gasteiger partial charge in [-0.15, -0.1) is 0 Å². The molecule has 1 N–H and O–H groups in total. The lowest BCUT2D eigenvalue weighted by Gasteiger charge is -2.17. The van der Waals surface area contributed by atoms with E-state index in [0.717, 1.165) is 30.0 Å². The van der Waals surface area contributed by atoms with E-state index in [-0.39, 0.29) is 12.0 Å². The SMILES string of the molecule is COC(=O)C(CCCSC)Nc1ccc(OC)cc1. The third-order valence-corrected chi connectivity index (χ3v) is 3.45. The predicted molar refractivity (Wildman–Crippen MR) is 80.0 cm³/mol. The Morgan fingerprint density at radius 1 is 1.32 bits per heavy atom. The molecule has 1 unspecified atom stereocenters. The summed E-state index contributed by atoms with van der Waals surface area (Å²) in [5.41, 5.74) is 0.889. The number of benzene rings is 1. The van der Waals surface area contributed by atoms with Gasteiger partial charge in [-0.3, -0.25) is 0 Å². The fraction of sp³-hybridized carbons (Fsp3) is 0.500. The van der Waals surface area contributed by atoms with Gasteiger partial charge in [0, 0.05) is 5.69 Å². The number of hydrogen-bond acceptors (Lipinski definition) is 5. The standard InChI is InChI=1S/C14H21NO3S/c1-17-12-8-6-11(7-9-12)15-13(14(16)18-2)5-4-10-19-3/h6-9,13,15H,4-5,10H2,1-3H3. The molecule has 0 amide bonds. The molecule has 0 aliphatic rings. The number of methoxy groups -OCH3 is 2. The minimum Gasteiger partial charge on any atom is -0.497 e. The van der Waals surface area contributed by atoms with E-state index in [4.69, 9.17) is 9.47 Å². The highest BCUT2D eigenvalue weighted by Crippen LogP contribution is 2.17. The van der Waals surface area contributed by atoms with Gasteiger partial charge in [-0.25, -0.2) is 4.79 Å². The highest BCUT2D eigenvalue weighted by Gasteiger charge is 2.18. The van der Waals surface area contributed by atoms with Gasteiger partial charge in [0.05, 0.1) is 14.2 Å². The topological polar surface area (TPSA) is 47.6 Å². The Labute approximate surface area is 118 Å². The van der Waals surface area contributed by atoms with Crippen molar-refractivity contribution >= 4 is 23.4 Å². The second-order valence-corrected chi connectivity index (χ2v) is 5.07. The van der Waals surface area contributed by atoms with Gasteiger partial charge in [0.15, 0.2) is 0 Å². The second kappa shape index (κ2) is 8.69. The monoisotopic (exact) mass is 283 g/mol. The van der Waals surface area contributed by atoms with Crippen LogP contribution in [0.1, 0.15) is 12.8 Å². The first-order valence-corrected chi connectivity index (χ1v) is 7.58. The summed E-state index contributed by atoms with van der Waals surface area (Å²) >= 11 is 1.78. The molecule has 19 heavy (non-hydrogen) atoms. The van der Waals surface area contributed by atoms with Crippen LogP contribution in [0.2, 0.25) is 0 Å². The first kappa shape index (κ1) is 15.7. The van der Waals surface area contributed by atoms with E-state index >= 15 is 0 Å². The van der Waals surface area contributed by atoms with Crippen LogP contribution in [0, 0.1) is 0 Å². The molecule has 0 aliphatic heterocycles. The number of ether oxygens (including phenoxy) is 2. The van der Waals surface area contributed by atoms with E-state index in [9.17, 15) is 4.79 Å². The van der Waals surface area contributed by atoms with Crippen LogP contribution in [0.5, 0.6) is 5.75 Å². The van der Waals surface area contributed by atoms with Gasteiger partial charge in [-0.2, -0.15) is 11.8 Å². The Morgan fingerprint density at radius 2 is 2.00 bits per heavy atom. The molecule has 1 aromatic carbocycles. The molecule has 4 nitrogen and oxygen atoms in total. The van der Waals surface area contributed by atoms with Gasteiger partial charge < -0.3 is 14.8 Å². The van der Waals surface area contributed by atoms with E-state index in [1.54, 1.807) is 18.9 Å². The lowest BCUT2D eigenvalue weighted by atomic mass is 10.1. The Bertz CT molecular complexity index is 381. The summed E-state index contributed by atoms with van der Waals surface area (Å²) in [5, 5.41) is 3.20. The lowest BCUT2D eigenvalue weighted by molar-refractivity contribution is -0.141. The van der Waals surface area contributed by atoms with Gasteiger partial charge in [0.2, 0.25) is 0 Å². The zero-order valence-electron chi connectivity index (χ0n) is 11.6. The largest absolute Gasteiger partial charge is 0.497 e. The Balaban J connectivity index is 2.61. The number of hydrogen-bond donors (Lipinski definition) is 1. The van der Waals surface area contributed by atoms with Crippen LogP contribution in [-0.4, -0.2) is 38.2 Å². The average molecular weight is 283 g/mol. The quantitative estimate of drug-likeness (QED) is 0.587. The van der Waals surface area contributed by atoms with Crippen molar-refractivity contribution in [3.8, 4) is 5.75 Å². The molecule has 0 aromatic heterocycles. The van der Waals surface area contributed by atoms with Crippen LogP contribution < -0.4 is 10.1 Å². The van der Waals surface area contributed by atoms with Crippen LogP contribution in [0.3, 0.4) is 0 Å². The molecule has 0 radical (unpaired) electrons. The normalized spacial score (nSPS) is 11.7. The van der Waals surface area contributed by atoms with E-state index < -0.39 is 0 Å². The molecule has 0 fully saturated rings. The van der Waals surface area contributed by atoms with Crippen molar-refractivity contribution in [1.29, 1.82) is 0 Å². The molecule has 0 bridgehead atoms. The molecular weight excluding hydrogens is 262 g/mol. The third kappa shape index (κ3) is 5.42. The Morgan fingerprint density at radius 3 is 2.53 bits per heavy atom. The average Bonchev–Trinajstić information content (AvgIpc) is 2.46. The maximum Gasteiger partial charge on any atom is 0.328 e. The fourth-order valence-corrected chi connectivity index (χ4v) is 2.17. The van der Waals surface area contributed by atoms with Crippen LogP contribution in [0.15, 0.2) is 24.3 Å². The molecule has 1 atom stereocenters. The number of nitrogens with one attached hydrogen (secondary N) is 1. The maximum absolute atomic E-state index is 11.7. The smallest absolute Gasteiger partial charge is 0.328 e. The summed E-state index contributed by atoms with van der Waals surface area (Å²) < 4.78 is 9.93. The highest BCUT2D eigenvalue weighted by molar-refractivity contribution is 7.98. The van der Waals surface area contributed by atoms with E-state index in [0.29, 0.717) is 0 Å².